The Bertz CT molecular complexity index is 1300. The number of unbranched alkanes of at least 4 members (excludes halogenated alkanes) is 8. The molecule has 0 unspecified atom stereocenters. The van der Waals surface area contributed by atoms with Gasteiger partial charge in [-0.15, -0.1) is 0 Å². The van der Waals surface area contributed by atoms with E-state index < -0.39 is 57.8 Å². The lowest BCUT2D eigenvalue weighted by Gasteiger charge is -2.29. The molecule has 0 bridgehead atoms. The van der Waals surface area contributed by atoms with Crippen molar-refractivity contribution < 1.29 is 52.8 Å². The fourth-order valence-corrected chi connectivity index (χ4v) is 5.42. The Hall–Kier alpha value is -3.78. The number of hydrogen-bond acceptors (Lipinski definition) is 8. The van der Waals surface area contributed by atoms with Crippen molar-refractivity contribution in [3.05, 3.63) is 42.0 Å². The number of carbonyl (C=O) groups is 5. The molecule has 0 saturated heterocycles. The van der Waals surface area contributed by atoms with Gasteiger partial charge in [0.15, 0.2) is 5.60 Å². The molecule has 0 spiro atoms. The number of carboxylic acid groups (broad SMARTS) is 3. The van der Waals surface area contributed by atoms with Crippen molar-refractivity contribution in [3.63, 3.8) is 0 Å². The van der Waals surface area contributed by atoms with Gasteiger partial charge in [0.25, 0.3) is 0 Å². The van der Waals surface area contributed by atoms with E-state index in [0.29, 0.717) is 31.2 Å². The van der Waals surface area contributed by atoms with Crippen LogP contribution in [0.1, 0.15) is 96.0 Å². The lowest BCUT2D eigenvalue weighted by molar-refractivity contribution is -0.172. The zero-order valence-electron chi connectivity index (χ0n) is 26.6. The van der Waals surface area contributed by atoms with Crippen LogP contribution in [0.2, 0.25) is 0 Å². The molecular weight excluding hydrogens is 620 g/mol. The van der Waals surface area contributed by atoms with Gasteiger partial charge >= 0.3 is 17.9 Å². The first kappa shape index (κ1) is 40.2. The summed E-state index contributed by atoms with van der Waals surface area (Å²) in [6.07, 6.45) is 11.7. The number of rotatable bonds is 25. The lowest BCUT2D eigenvalue weighted by atomic mass is 9.82. The quantitative estimate of drug-likeness (QED) is 0.0647. The summed E-state index contributed by atoms with van der Waals surface area (Å²) in [5.74, 6) is -7.99. The van der Waals surface area contributed by atoms with Gasteiger partial charge in [-0.2, -0.15) is 0 Å². The molecule has 3 atom stereocenters. The van der Waals surface area contributed by atoms with E-state index >= 15 is 0 Å². The van der Waals surface area contributed by atoms with E-state index in [2.05, 4.69) is 17.0 Å². The Kier molecular flexibility index (Phi) is 17.8. The maximum atomic E-state index is 13.2. The van der Waals surface area contributed by atoms with Gasteiger partial charge in [-0.3, -0.25) is 19.1 Å². The number of aliphatic hydroxyl groups is 1. The SMILES string of the molecule is CCCCCCCC(=O)CCCCCC/C=C/[C@@H](C(=O)N[C@@H](Cc1ccc(NS(C)(=O)=O)cc1)C(=O)O)[C@@](O)(CC(=O)O)C(=O)O. The van der Waals surface area contributed by atoms with Gasteiger partial charge in [0, 0.05) is 24.9 Å². The molecule has 0 aliphatic carbocycles. The van der Waals surface area contributed by atoms with E-state index in [9.17, 15) is 52.8 Å². The molecule has 14 heteroatoms. The number of Topliss-reactive ketones (excluding diaryl/α,β-unsaturated/α-hetero) is 1. The molecule has 0 fully saturated rings. The second-order valence-electron chi connectivity index (χ2n) is 11.5. The fraction of sp³-hybridized carbons (Fsp3) is 0.594. The first-order chi connectivity index (χ1) is 21.6. The molecule has 1 amide bonds. The van der Waals surface area contributed by atoms with Crippen LogP contribution in [0, 0.1) is 5.92 Å². The number of carbonyl (C=O) groups excluding carboxylic acids is 2. The molecule has 1 aromatic rings. The van der Waals surface area contributed by atoms with E-state index in [1.54, 1.807) is 0 Å². The van der Waals surface area contributed by atoms with Crippen LogP contribution in [0.15, 0.2) is 36.4 Å². The van der Waals surface area contributed by atoms with Crippen LogP contribution in [0.25, 0.3) is 0 Å². The Morgan fingerprint density at radius 1 is 0.870 bits per heavy atom. The van der Waals surface area contributed by atoms with Gasteiger partial charge in [0.2, 0.25) is 15.9 Å². The zero-order chi connectivity index (χ0) is 34.8. The third-order valence-corrected chi connectivity index (χ3v) is 7.97. The Morgan fingerprint density at radius 3 is 1.93 bits per heavy atom. The van der Waals surface area contributed by atoms with Gasteiger partial charge in [0.05, 0.1) is 18.6 Å². The van der Waals surface area contributed by atoms with Crippen molar-refractivity contribution in [2.24, 2.45) is 5.92 Å². The number of aliphatic carboxylic acids is 3. The van der Waals surface area contributed by atoms with Gasteiger partial charge in [-0.25, -0.2) is 18.0 Å². The van der Waals surface area contributed by atoms with Crippen molar-refractivity contribution in [1.29, 1.82) is 0 Å². The topological polar surface area (TPSA) is 224 Å². The van der Waals surface area contributed by atoms with Crippen LogP contribution in [-0.4, -0.2) is 76.3 Å². The second-order valence-corrected chi connectivity index (χ2v) is 13.3. The highest BCUT2D eigenvalue weighted by Gasteiger charge is 2.49. The predicted octanol–water partition coefficient (Wildman–Crippen LogP) is 3.90. The molecule has 0 saturated carbocycles. The molecule has 46 heavy (non-hydrogen) atoms. The highest BCUT2D eigenvalue weighted by Crippen LogP contribution is 2.26. The van der Waals surface area contributed by atoms with E-state index in [-0.39, 0.29) is 17.9 Å². The monoisotopic (exact) mass is 668 g/mol. The summed E-state index contributed by atoms with van der Waals surface area (Å²) in [6, 6.07) is 4.09. The van der Waals surface area contributed by atoms with Crippen LogP contribution in [-0.2, 0) is 40.4 Å². The summed E-state index contributed by atoms with van der Waals surface area (Å²) < 4.78 is 25.1. The summed E-state index contributed by atoms with van der Waals surface area (Å²) in [5.41, 5.74) is -2.44. The smallest absolute Gasteiger partial charge is 0.337 e. The van der Waals surface area contributed by atoms with Crippen LogP contribution in [0.3, 0.4) is 0 Å². The van der Waals surface area contributed by atoms with E-state index in [4.69, 9.17) is 0 Å². The largest absolute Gasteiger partial charge is 0.481 e. The van der Waals surface area contributed by atoms with Crippen molar-refractivity contribution >= 4 is 45.3 Å². The Morgan fingerprint density at radius 2 is 1.43 bits per heavy atom. The second kappa shape index (κ2) is 20.4. The van der Waals surface area contributed by atoms with Crippen LogP contribution >= 0.6 is 0 Å². The number of ketones is 1. The maximum Gasteiger partial charge on any atom is 0.337 e. The highest BCUT2D eigenvalue weighted by atomic mass is 32.2. The fourth-order valence-electron chi connectivity index (χ4n) is 4.85. The molecule has 0 aromatic heterocycles. The number of hydrogen-bond donors (Lipinski definition) is 6. The van der Waals surface area contributed by atoms with E-state index in [0.717, 1.165) is 57.3 Å². The van der Waals surface area contributed by atoms with Crippen molar-refractivity contribution in [2.75, 3.05) is 11.0 Å². The van der Waals surface area contributed by atoms with Crippen LogP contribution < -0.4 is 10.0 Å². The summed E-state index contributed by atoms with van der Waals surface area (Å²) in [4.78, 5) is 60.7. The molecular formula is C32H48N2O11S. The number of allylic oxidation sites excluding steroid dienone is 1. The molecule has 1 aromatic carbocycles. The highest BCUT2D eigenvalue weighted by molar-refractivity contribution is 7.92. The van der Waals surface area contributed by atoms with Crippen molar-refractivity contribution in [3.8, 4) is 0 Å². The number of nitrogens with one attached hydrogen (secondary N) is 2. The normalized spacial score (nSPS) is 14.2. The number of sulfonamides is 1. The van der Waals surface area contributed by atoms with Crippen LogP contribution in [0.5, 0.6) is 0 Å². The Labute approximate surface area is 270 Å². The number of benzene rings is 1. The summed E-state index contributed by atoms with van der Waals surface area (Å²) in [5, 5.41) is 41.8. The van der Waals surface area contributed by atoms with Crippen LogP contribution in [0.4, 0.5) is 5.69 Å². The summed E-state index contributed by atoms with van der Waals surface area (Å²) >= 11 is 0. The zero-order valence-corrected chi connectivity index (χ0v) is 27.4. The van der Waals surface area contributed by atoms with E-state index in [1.807, 2.05) is 0 Å². The van der Waals surface area contributed by atoms with E-state index in [1.165, 1.54) is 36.8 Å². The van der Waals surface area contributed by atoms with Crippen molar-refractivity contribution in [2.45, 2.75) is 108 Å². The molecule has 6 N–H and O–H groups in total. The first-order valence-corrected chi connectivity index (χ1v) is 17.4. The Balaban J connectivity index is 2.86. The maximum absolute atomic E-state index is 13.2. The molecule has 0 radical (unpaired) electrons. The standard InChI is InChI=1S/C32H48N2O11S/c1-3-4-5-8-11-14-25(35)15-12-9-6-7-10-13-16-26(32(43,31(41)42)22-28(36)37)29(38)33-27(30(39)40)21-23-17-19-24(20-18-23)34-46(2,44)45/h13,16-20,26-27,34,43H,3-12,14-15,21-22H2,1-2H3,(H,33,38)(H,36,37)(H,39,40)(H,41,42)/b16-13+/t26-,27-,32-/m0/s1. The van der Waals surface area contributed by atoms with Gasteiger partial charge in [-0.05, 0) is 43.4 Å². The molecule has 0 heterocycles. The molecule has 0 aliphatic rings. The summed E-state index contributed by atoms with van der Waals surface area (Å²) in [6.45, 7) is 2.14. The summed E-state index contributed by atoms with van der Waals surface area (Å²) in [7, 11) is -3.54. The molecule has 13 nitrogen and oxygen atoms in total. The minimum Gasteiger partial charge on any atom is -0.481 e. The van der Waals surface area contributed by atoms with Crippen molar-refractivity contribution in [1.82, 2.24) is 5.32 Å². The minimum absolute atomic E-state index is 0.231. The average Bonchev–Trinajstić information content (AvgIpc) is 2.95. The third kappa shape index (κ3) is 16.0. The predicted molar refractivity (Wildman–Crippen MR) is 172 cm³/mol. The number of anilines is 1. The lowest BCUT2D eigenvalue weighted by Crippen LogP contribution is -2.55. The molecule has 258 valence electrons. The third-order valence-electron chi connectivity index (χ3n) is 7.36. The minimum atomic E-state index is -3.54. The van der Waals surface area contributed by atoms with Gasteiger partial charge < -0.3 is 25.7 Å². The van der Waals surface area contributed by atoms with Gasteiger partial charge in [-0.1, -0.05) is 69.7 Å². The average molecular weight is 669 g/mol. The van der Waals surface area contributed by atoms with Gasteiger partial charge in [0.1, 0.15) is 11.8 Å². The number of carboxylic acids is 3. The molecule has 1 rings (SSSR count). The first-order valence-electron chi connectivity index (χ1n) is 15.5. The number of amides is 1. The molecule has 0 aliphatic heterocycles.